The lowest BCUT2D eigenvalue weighted by molar-refractivity contribution is -0.147. The fraction of sp³-hybridized carbons (Fsp3) is 0.850. The standard InChI is InChI=1S/C20H37NO5/c1-3-4-7-13-18(26-16(2)22)14-10-12-17(20(21)25)11-8-5-6-9-15-19(23)24/h17-18H,3-15H2,1-2H3,(H2,21,25)(H,23,24). The minimum absolute atomic E-state index is 0.0661. The summed E-state index contributed by atoms with van der Waals surface area (Å²) in [4.78, 5) is 33.3. The lowest BCUT2D eigenvalue weighted by atomic mass is 9.93. The number of aliphatic carboxylic acids is 1. The molecule has 2 atom stereocenters. The van der Waals surface area contributed by atoms with Gasteiger partial charge in [0.2, 0.25) is 5.91 Å². The number of nitrogens with two attached hydrogens (primary N) is 1. The minimum Gasteiger partial charge on any atom is -0.481 e. The summed E-state index contributed by atoms with van der Waals surface area (Å²) in [6, 6.07) is 0. The molecule has 26 heavy (non-hydrogen) atoms. The lowest BCUT2D eigenvalue weighted by Gasteiger charge is -2.18. The van der Waals surface area contributed by atoms with Gasteiger partial charge < -0.3 is 15.6 Å². The smallest absolute Gasteiger partial charge is 0.303 e. The molecule has 0 aliphatic carbocycles. The van der Waals surface area contributed by atoms with Crippen LogP contribution in [0.25, 0.3) is 0 Å². The molecule has 0 saturated heterocycles. The summed E-state index contributed by atoms with van der Waals surface area (Å²) in [7, 11) is 0. The molecule has 1 amide bonds. The maximum Gasteiger partial charge on any atom is 0.303 e. The molecule has 0 rings (SSSR count). The third kappa shape index (κ3) is 14.7. The number of carboxylic acids is 1. The van der Waals surface area contributed by atoms with Crippen molar-refractivity contribution in [2.75, 3.05) is 0 Å². The van der Waals surface area contributed by atoms with Crippen molar-refractivity contribution >= 4 is 17.8 Å². The molecule has 0 aliphatic rings. The van der Waals surface area contributed by atoms with Crippen molar-refractivity contribution in [3.05, 3.63) is 0 Å². The zero-order valence-electron chi connectivity index (χ0n) is 16.5. The second-order valence-corrected chi connectivity index (χ2v) is 7.10. The molecular formula is C20H37NO5. The van der Waals surface area contributed by atoms with Crippen LogP contribution in [0.1, 0.15) is 97.3 Å². The number of hydrogen-bond acceptors (Lipinski definition) is 4. The van der Waals surface area contributed by atoms with Crippen LogP contribution in [-0.4, -0.2) is 29.1 Å². The van der Waals surface area contributed by atoms with Crippen molar-refractivity contribution < 1.29 is 24.2 Å². The quantitative estimate of drug-likeness (QED) is 0.294. The number of carboxylic acid groups (broad SMARTS) is 1. The van der Waals surface area contributed by atoms with Crippen molar-refractivity contribution in [2.24, 2.45) is 11.7 Å². The Hall–Kier alpha value is -1.59. The predicted octanol–water partition coefficient (Wildman–Crippen LogP) is 4.20. The van der Waals surface area contributed by atoms with E-state index in [2.05, 4.69) is 6.92 Å². The highest BCUT2D eigenvalue weighted by Crippen LogP contribution is 2.20. The minimum atomic E-state index is -0.763. The van der Waals surface area contributed by atoms with Gasteiger partial charge in [0.15, 0.2) is 0 Å². The second-order valence-electron chi connectivity index (χ2n) is 7.10. The maximum absolute atomic E-state index is 11.6. The SMILES string of the molecule is CCCCCC(CCCC(CCCCCCC(=O)O)C(N)=O)OC(C)=O. The fourth-order valence-corrected chi connectivity index (χ4v) is 3.16. The maximum atomic E-state index is 11.6. The van der Waals surface area contributed by atoms with Crippen LogP contribution in [0.5, 0.6) is 0 Å². The average molecular weight is 372 g/mol. The van der Waals surface area contributed by atoms with Crippen LogP contribution >= 0.6 is 0 Å². The first kappa shape index (κ1) is 24.4. The number of rotatable bonds is 17. The summed E-state index contributed by atoms with van der Waals surface area (Å²) in [6.45, 7) is 3.57. The molecule has 3 N–H and O–H groups in total. The van der Waals surface area contributed by atoms with Gasteiger partial charge in [0.05, 0.1) is 0 Å². The van der Waals surface area contributed by atoms with Crippen LogP contribution in [0.2, 0.25) is 0 Å². The zero-order valence-corrected chi connectivity index (χ0v) is 16.5. The monoisotopic (exact) mass is 371 g/mol. The molecule has 6 nitrogen and oxygen atoms in total. The van der Waals surface area contributed by atoms with E-state index in [4.69, 9.17) is 15.6 Å². The molecule has 6 heteroatoms. The molecule has 0 fully saturated rings. The van der Waals surface area contributed by atoms with Gasteiger partial charge in [-0.05, 0) is 44.9 Å². The van der Waals surface area contributed by atoms with Gasteiger partial charge >= 0.3 is 11.9 Å². The van der Waals surface area contributed by atoms with Gasteiger partial charge in [-0.25, -0.2) is 0 Å². The Kier molecular flexibility index (Phi) is 14.7. The van der Waals surface area contributed by atoms with E-state index in [0.717, 1.165) is 70.6 Å². The van der Waals surface area contributed by atoms with E-state index in [1.54, 1.807) is 0 Å². The normalized spacial score (nSPS) is 13.2. The van der Waals surface area contributed by atoms with Crippen LogP contribution in [-0.2, 0) is 19.1 Å². The van der Waals surface area contributed by atoms with E-state index in [1.165, 1.54) is 6.92 Å². The molecule has 152 valence electrons. The van der Waals surface area contributed by atoms with Crippen molar-refractivity contribution in [1.29, 1.82) is 0 Å². The van der Waals surface area contributed by atoms with Gasteiger partial charge in [0.1, 0.15) is 6.10 Å². The van der Waals surface area contributed by atoms with Gasteiger partial charge in [-0.1, -0.05) is 39.0 Å². The Balaban J connectivity index is 4.09. The summed E-state index contributed by atoms with van der Waals surface area (Å²) in [5, 5.41) is 8.60. The number of hydrogen-bond donors (Lipinski definition) is 2. The van der Waals surface area contributed by atoms with Crippen molar-refractivity contribution in [1.82, 2.24) is 0 Å². The number of primary amides is 1. The summed E-state index contributed by atoms with van der Waals surface area (Å²) in [6.07, 6.45) is 10.7. The van der Waals surface area contributed by atoms with Gasteiger partial charge in [-0.3, -0.25) is 14.4 Å². The van der Waals surface area contributed by atoms with Gasteiger partial charge in [-0.2, -0.15) is 0 Å². The largest absolute Gasteiger partial charge is 0.481 e. The Morgan fingerprint density at radius 3 is 2.04 bits per heavy atom. The number of carbonyl (C=O) groups excluding carboxylic acids is 2. The molecule has 0 aromatic carbocycles. The molecule has 0 aromatic rings. The average Bonchev–Trinajstić information content (AvgIpc) is 2.55. The van der Waals surface area contributed by atoms with E-state index >= 15 is 0 Å². The highest BCUT2D eigenvalue weighted by molar-refractivity contribution is 5.76. The van der Waals surface area contributed by atoms with E-state index < -0.39 is 5.97 Å². The summed E-state index contributed by atoms with van der Waals surface area (Å²) >= 11 is 0. The number of carbonyl (C=O) groups is 3. The van der Waals surface area contributed by atoms with E-state index in [9.17, 15) is 14.4 Å². The molecule has 0 aliphatic heterocycles. The van der Waals surface area contributed by atoms with Crippen LogP contribution in [0.4, 0.5) is 0 Å². The third-order valence-electron chi connectivity index (χ3n) is 4.64. The predicted molar refractivity (Wildman–Crippen MR) is 102 cm³/mol. The zero-order chi connectivity index (χ0) is 19.8. The molecule has 0 radical (unpaired) electrons. The Bertz CT molecular complexity index is 411. The summed E-state index contributed by atoms with van der Waals surface area (Å²) < 4.78 is 5.38. The summed E-state index contributed by atoms with van der Waals surface area (Å²) in [5.41, 5.74) is 5.51. The molecule has 0 saturated carbocycles. The van der Waals surface area contributed by atoms with Crippen LogP contribution in [0.3, 0.4) is 0 Å². The highest BCUT2D eigenvalue weighted by Gasteiger charge is 2.17. The van der Waals surface area contributed by atoms with E-state index in [0.29, 0.717) is 6.42 Å². The van der Waals surface area contributed by atoms with Gasteiger partial charge in [-0.15, -0.1) is 0 Å². The first-order valence-electron chi connectivity index (χ1n) is 10.0. The Morgan fingerprint density at radius 1 is 0.885 bits per heavy atom. The molecule has 0 bridgehead atoms. The van der Waals surface area contributed by atoms with Crippen LogP contribution < -0.4 is 5.73 Å². The van der Waals surface area contributed by atoms with Crippen molar-refractivity contribution in [2.45, 2.75) is 103 Å². The molecular weight excluding hydrogens is 334 g/mol. The molecule has 2 unspecified atom stereocenters. The number of amides is 1. The van der Waals surface area contributed by atoms with Crippen LogP contribution in [0, 0.1) is 5.92 Å². The number of ether oxygens (including phenoxy) is 1. The van der Waals surface area contributed by atoms with Crippen LogP contribution in [0.15, 0.2) is 0 Å². The number of unbranched alkanes of at least 4 members (excludes halogenated alkanes) is 5. The molecule has 0 spiro atoms. The number of esters is 1. The van der Waals surface area contributed by atoms with E-state index in [-0.39, 0.29) is 30.3 Å². The van der Waals surface area contributed by atoms with Gasteiger partial charge in [0, 0.05) is 19.3 Å². The Labute approximate surface area is 157 Å². The van der Waals surface area contributed by atoms with Crippen molar-refractivity contribution in [3.8, 4) is 0 Å². The van der Waals surface area contributed by atoms with E-state index in [1.807, 2.05) is 0 Å². The molecule has 0 aromatic heterocycles. The first-order chi connectivity index (χ1) is 12.4. The second kappa shape index (κ2) is 15.6. The third-order valence-corrected chi connectivity index (χ3v) is 4.64. The fourth-order valence-electron chi connectivity index (χ4n) is 3.16. The highest BCUT2D eigenvalue weighted by atomic mass is 16.5. The van der Waals surface area contributed by atoms with Crippen molar-refractivity contribution in [3.63, 3.8) is 0 Å². The first-order valence-corrected chi connectivity index (χ1v) is 10.0. The van der Waals surface area contributed by atoms with Gasteiger partial charge in [0.25, 0.3) is 0 Å². The summed E-state index contributed by atoms with van der Waals surface area (Å²) in [5.74, 6) is -1.44. The Morgan fingerprint density at radius 2 is 1.46 bits per heavy atom. The topological polar surface area (TPSA) is 107 Å². The lowest BCUT2D eigenvalue weighted by Crippen LogP contribution is -2.24. The molecule has 0 heterocycles.